The van der Waals surface area contributed by atoms with Crippen molar-refractivity contribution in [3.05, 3.63) is 42.5 Å². The third-order valence-electron chi connectivity index (χ3n) is 5.80. The number of nitrogens with zero attached hydrogens (tertiary/aromatic N) is 1. The number of aromatic nitrogens is 1. The molecule has 1 fully saturated rings. The number of fused-ring (bicyclic) bond motifs is 1. The van der Waals surface area contributed by atoms with Gasteiger partial charge in [-0.15, -0.1) is 0 Å². The number of carbonyl (C=O) groups is 1. The molecule has 3 aromatic rings. The monoisotopic (exact) mass is 421 g/mol. The number of benzene rings is 2. The van der Waals surface area contributed by atoms with Crippen LogP contribution in [0.3, 0.4) is 0 Å². The molecule has 2 aromatic carbocycles. The maximum atomic E-state index is 11.9. The number of hydrogen-bond donors (Lipinski definition) is 2. The Bertz CT molecular complexity index is 1070. The van der Waals surface area contributed by atoms with Gasteiger partial charge in [-0.25, -0.2) is 4.79 Å². The van der Waals surface area contributed by atoms with E-state index in [1.54, 1.807) is 0 Å². The molecule has 31 heavy (non-hydrogen) atoms. The van der Waals surface area contributed by atoms with Gasteiger partial charge in [0.05, 0.1) is 29.6 Å². The summed E-state index contributed by atoms with van der Waals surface area (Å²) in [4.78, 5) is 11.9. The molecule has 1 saturated carbocycles. The number of anilines is 2. The molecule has 0 bridgehead atoms. The third kappa shape index (κ3) is 4.48. The molecule has 0 saturated heterocycles. The minimum atomic E-state index is -0.454. The van der Waals surface area contributed by atoms with Crippen LogP contribution in [0.5, 0.6) is 5.75 Å². The lowest BCUT2D eigenvalue weighted by Gasteiger charge is -2.27. The number of amides is 1. The Kier molecular flexibility index (Phi) is 6.07. The Morgan fingerprint density at radius 3 is 2.55 bits per heavy atom. The van der Waals surface area contributed by atoms with Crippen molar-refractivity contribution in [2.75, 3.05) is 17.7 Å². The summed E-state index contributed by atoms with van der Waals surface area (Å²) >= 11 is 0. The van der Waals surface area contributed by atoms with E-state index in [0.29, 0.717) is 18.2 Å². The Morgan fingerprint density at radius 1 is 1.19 bits per heavy atom. The molecule has 1 heterocycles. The third-order valence-corrected chi connectivity index (χ3v) is 5.80. The smallest absolute Gasteiger partial charge is 0.411 e. The van der Waals surface area contributed by atoms with Crippen molar-refractivity contribution in [1.29, 1.82) is 0 Å². The highest BCUT2D eigenvalue weighted by molar-refractivity contribution is 6.01. The lowest BCUT2D eigenvalue weighted by atomic mass is 9.85. The molecule has 0 spiro atoms. The van der Waals surface area contributed by atoms with E-state index < -0.39 is 6.09 Å². The zero-order valence-electron chi connectivity index (χ0n) is 18.5. The van der Waals surface area contributed by atoms with Crippen molar-refractivity contribution < 1.29 is 14.3 Å². The van der Waals surface area contributed by atoms with E-state index in [0.717, 1.165) is 40.1 Å². The number of hydrogen-bond acceptors (Lipinski definition) is 4. The van der Waals surface area contributed by atoms with Crippen molar-refractivity contribution in [3.8, 4) is 17.0 Å². The van der Waals surface area contributed by atoms with Gasteiger partial charge in [0.25, 0.3) is 0 Å². The maximum Gasteiger partial charge on any atom is 0.411 e. The predicted molar refractivity (Wildman–Crippen MR) is 126 cm³/mol. The van der Waals surface area contributed by atoms with Gasteiger partial charge in [-0.3, -0.25) is 5.32 Å². The molecule has 1 aliphatic carbocycles. The summed E-state index contributed by atoms with van der Waals surface area (Å²) in [6.45, 7) is 7.21. The summed E-state index contributed by atoms with van der Waals surface area (Å²) in [6, 6.07) is 13.9. The van der Waals surface area contributed by atoms with Gasteiger partial charge in [-0.2, -0.15) is 0 Å². The van der Waals surface area contributed by atoms with E-state index in [1.165, 1.54) is 19.3 Å². The Balaban J connectivity index is 1.70. The van der Waals surface area contributed by atoms with Crippen LogP contribution in [0.2, 0.25) is 0 Å². The highest BCUT2D eigenvalue weighted by Gasteiger charge is 2.23. The van der Waals surface area contributed by atoms with Crippen LogP contribution in [0.15, 0.2) is 42.5 Å². The Labute approximate surface area is 183 Å². The lowest BCUT2D eigenvalue weighted by molar-refractivity contribution is 0.130. The van der Waals surface area contributed by atoms with Crippen molar-refractivity contribution in [1.82, 2.24) is 4.57 Å². The quantitative estimate of drug-likeness (QED) is 0.487. The number of nitrogens with two attached hydrogens (primary N) is 1. The molecule has 6 nitrogen and oxygen atoms in total. The standard InChI is InChI=1S/C25H31N3O3/c1-4-30-20-12-13-21-22(14-20)28(15-17-6-5-7-17)24(23(21)26)18-8-10-19(11-9-18)27-25(29)31-16(2)3/h8-14,16-17H,4-7,15,26H2,1-3H3,(H,27,29). The summed E-state index contributed by atoms with van der Waals surface area (Å²) in [6.07, 6.45) is 3.19. The highest BCUT2D eigenvalue weighted by Crippen LogP contribution is 2.40. The molecule has 3 N–H and O–H groups in total. The molecule has 4 rings (SSSR count). The van der Waals surface area contributed by atoms with Crippen LogP contribution in [-0.4, -0.2) is 23.4 Å². The van der Waals surface area contributed by atoms with E-state index in [-0.39, 0.29) is 6.10 Å². The second kappa shape index (κ2) is 8.92. The first-order valence-electron chi connectivity index (χ1n) is 11.1. The van der Waals surface area contributed by atoms with Crippen molar-refractivity contribution >= 4 is 28.4 Å². The van der Waals surface area contributed by atoms with Crippen LogP contribution < -0.4 is 15.8 Å². The van der Waals surface area contributed by atoms with E-state index in [9.17, 15) is 4.79 Å². The Hall–Kier alpha value is -3.15. The average molecular weight is 422 g/mol. The maximum absolute atomic E-state index is 11.9. The molecule has 0 aliphatic heterocycles. The first-order chi connectivity index (χ1) is 15.0. The topological polar surface area (TPSA) is 78.5 Å². The molecule has 164 valence electrons. The number of nitrogens with one attached hydrogen (secondary N) is 1. The van der Waals surface area contributed by atoms with Crippen LogP contribution in [0, 0.1) is 5.92 Å². The van der Waals surface area contributed by atoms with Gasteiger partial charge in [0, 0.05) is 29.2 Å². The average Bonchev–Trinajstić information content (AvgIpc) is 2.96. The lowest BCUT2D eigenvalue weighted by Crippen LogP contribution is -2.18. The molecule has 1 amide bonds. The zero-order chi connectivity index (χ0) is 22.0. The number of carbonyl (C=O) groups excluding carboxylic acids is 1. The predicted octanol–water partition coefficient (Wildman–Crippen LogP) is 6.05. The first-order valence-corrected chi connectivity index (χ1v) is 11.1. The van der Waals surface area contributed by atoms with Crippen molar-refractivity contribution in [3.63, 3.8) is 0 Å². The first kappa shape index (κ1) is 21.1. The summed E-state index contributed by atoms with van der Waals surface area (Å²) in [5.41, 5.74) is 11.3. The normalized spacial score (nSPS) is 13.9. The molecular weight excluding hydrogens is 390 g/mol. The fourth-order valence-electron chi connectivity index (χ4n) is 4.12. The fourth-order valence-corrected chi connectivity index (χ4v) is 4.12. The number of nitrogen functional groups attached to an aromatic ring is 1. The minimum absolute atomic E-state index is 0.164. The molecule has 1 aromatic heterocycles. The van der Waals surface area contributed by atoms with Crippen LogP contribution in [0.1, 0.15) is 40.0 Å². The largest absolute Gasteiger partial charge is 0.494 e. The molecule has 1 aliphatic rings. The second-order valence-electron chi connectivity index (χ2n) is 8.44. The summed E-state index contributed by atoms with van der Waals surface area (Å²) in [5.74, 6) is 1.54. The second-order valence-corrected chi connectivity index (χ2v) is 8.44. The van der Waals surface area contributed by atoms with Gasteiger partial charge in [0.1, 0.15) is 5.75 Å². The van der Waals surface area contributed by atoms with Gasteiger partial charge in [0.2, 0.25) is 0 Å². The van der Waals surface area contributed by atoms with Crippen LogP contribution in [0.25, 0.3) is 22.2 Å². The van der Waals surface area contributed by atoms with Crippen LogP contribution in [-0.2, 0) is 11.3 Å². The van der Waals surface area contributed by atoms with Crippen molar-refractivity contribution in [2.45, 2.75) is 52.7 Å². The van der Waals surface area contributed by atoms with Crippen molar-refractivity contribution in [2.24, 2.45) is 5.92 Å². The summed E-state index contributed by atoms with van der Waals surface area (Å²) in [5, 5.41) is 3.81. The fraction of sp³-hybridized carbons (Fsp3) is 0.400. The van der Waals surface area contributed by atoms with Gasteiger partial charge >= 0.3 is 6.09 Å². The molecule has 0 unspecified atom stereocenters. The number of ether oxygens (including phenoxy) is 2. The zero-order valence-corrected chi connectivity index (χ0v) is 18.5. The van der Waals surface area contributed by atoms with Crippen LogP contribution >= 0.6 is 0 Å². The molecular formula is C25H31N3O3. The highest BCUT2D eigenvalue weighted by atomic mass is 16.6. The van der Waals surface area contributed by atoms with Gasteiger partial charge in [0.15, 0.2) is 0 Å². The summed E-state index contributed by atoms with van der Waals surface area (Å²) in [7, 11) is 0. The van der Waals surface area contributed by atoms with E-state index in [2.05, 4.69) is 16.0 Å². The molecule has 0 radical (unpaired) electrons. The molecule has 6 heteroatoms. The minimum Gasteiger partial charge on any atom is -0.494 e. The Morgan fingerprint density at radius 2 is 1.94 bits per heavy atom. The molecule has 0 atom stereocenters. The van der Waals surface area contributed by atoms with Gasteiger partial charge in [-0.1, -0.05) is 18.6 Å². The van der Waals surface area contributed by atoms with Crippen LogP contribution in [0.4, 0.5) is 16.2 Å². The van der Waals surface area contributed by atoms with E-state index in [4.69, 9.17) is 15.2 Å². The van der Waals surface area contributed by atoms with E-state index >= 15 is 0 Å². The summed E-state index contributed by atoms with van der Waals surface area (Å²) < 4.78 is 13.2. The van der Waals surface area contributed by atoms with Gasteiger partial charge in [-0.05, 0) is 63.8 Å². The SMILES string of the molecule is CCOc1ccc2c(N)c(-c3ccc(NC(=O)OC(C)C)cc3)n(CC3CCC3)c2c1. The number of rotatable bonds is 7. The van der Waals surface area contributed by atoms with Gasteiger partial charge < -0.3 is 19.8 Å². The van der Waals surface area contributed by atoms with E-state index in [1.807, 2.05) is 57.2 Å².